The maximum Gasteiger partial charge on any atom is 0.319 e. The second kappa shape index (κ2) is 8.86. The van der Waals surface area contributed by atoms with Crippen LogP contribution in [0.25, 0.3) is 0 Å². The topological polar surface area (TPSA) is 125 Å². The Bertz CT molecular complexity index is 759. The third kappa shape index (κ3) is 5.09. The maximum absolute atomic E-state index is 12.9. The number of benzene rings is 1. The standard InChI is InChI=1S/C16H23N3O6S/c1-2-25-13-6-5-12(18-16(22)17-8-7-15(20)21)11-14(13)26(23,24)19-9-3-4-10-19/h5-6,11H,2-4,7-10H2,1H3,(H,20,21)(H2,17,18,22). The van der Waals surface area contributed by atoms with Crippen LogP contribution in [0, 0.1) is 0 Å². The minimum atomic E-state index is -3.72. The maximum atomic E-state index is 12.9. The van der Waals surface area contributed by atoms with E-state index >= 15 is 0 Å². The van der Waals surface area contributed by atoms with Gasteiger partial charge in [-0.3, -0.25) is 4.79 Å². The van der Waals surface area contributed by atoms with E-state index in [4.69, 9.17) is 9.84 Å². The fourth-order valence-electron chi connectivity index (χ4n) is 2.59. The van der Waals surface area contributed by atoms with Gasteiger partial charge in [0.05, 0.1) is 13.0 Å². The molecule has 1 heterocycles. The van der Waals surface area contributed by atoms with Crippen LogP contribution in [0.15, 0.2) is 23.1 Å². The lowest BCUT2D eigenvalue weighted by Gasteiger charge is -2.19. The number of carbonyl (C=O) groups excluding carboxylic acids is 1. The Morgan fingerprint density at radius 3 is 2.58 bits per heavy atom. The number of anilines is 1. The van der Waals surface area contributed by atoms with Crippen LogP contribution in [-0.2, 0) is 14.8 Å². The molecule has 1 aromatic rings. The molecule has 0 spiro atoms. The van der Waals surface area contributed by atoms with E-state index < -0.39 is 22.0 Å². The molecule has 9 nitrogen and oxygen atoms in total. The molecule has 0 aromatic heterocycles. The molecule has 0 atom stereocenters. The van der Waals surface area contributed by atoms with Gasteiger partial charge in [0.25, 0.3) is 0 Å². The van der Waals surface area contributed by atoms with Crippen LogP contribution < -0.4 is 15.4 Å². The van der Waals surface area contributed by atoms with Crippen molar-refractivity contribution in [2.45, 2.75) is 31.1 Å². The van der Waals surface area contributed by atoms with Gasteiger partial charge in [0.1, 0.15) is 10.6 Å². The average Bonchev–Trinajstić information content (AvgIpc) is 3.11. The highest BCUT2D eigenvalue weighted by Gasteiger charge is 2.30. The monoisotopic (exact) mass is 385 g/mol. The largest absolute Gasteiger partial charge is 0.492 e. The Morgan fingerprint density at radius 1 is 1.27 bits per heavy atom. The van der Waals surface area contributed by atoms with Gasteiger partial charge < -0.3 is 20.5 Å². The zero-order valence-electron chi connectivity index (χ0n) is 14.5. The number of rotatable bonds is 8. The minimum Gasteiger partial charge on any atom is -0.492 e. The molecule has 1 aromatic carbocycles. The highest BCUT2D eigenvalue weighted by molar-refractivity contribution is 7.89. The Balaban J connectivity index is 2.19. The summed E-state index contributed by atoms with van der Waals surface area (Å²) in [4.78, 5) is 22.3. The Hall–Kier alpha value is -2.33. The number of carboxylic acids is 1. The second-order valence-electron chi connectivity index (χ2n) is 5.73. The molecule has 144 valence electrons. The summed E-state index contributed by atoms with van der Waals surface area (Å²) >= 11 is 0. The van der Waals surface area contributed by atoms with Crippen LogP contribution >= 0.6 is 0 Å². The van der Waals surface area contributed by atoms with Gasteiger partial charge in [-0.15, -0.1) is 0 Å². The van der Waals surface area contributed by atoms with Crippen LogP contribution in [0.5, 0.6) is 5.75 Å². The summed E-state index contributed by atoms with van der Waals surface area (Å²) < 4.78 is 32.6. The fourth-order valence-corrected chi connectivity index (χ4v) is 4.26. The van der Waals surface area contributed by atoms with Crippen molar-refractivity contribution in [3.05, 3.63) is 18.2 Å². The lowest BCUT2D eigenvalue weighted by molar-refractivity contribution is -0.136. The fraction of sp³-hybridized carbons (Fsp3) is 0.500. The smallest absolute Gasteiger partial charge is 0.319 e. The molecule has 1 aliphatic rings. The lowest BCUT2D eigenvalue weighted by atomic mass is 10.3. The van der Waals surface area contributed by atoms with E-state index in [-0.39, 0.29) is 29.3 Å². The predicted molar refractivity (Wildman–Crippen MR) is 94.9 cm³/mol. The molecule has 0 radical (unpaired) electrons. The zero-order chi connectivity index (χ0) is 19.2. The summed E-state index contributed by atoms with van der Waals surface area (Å²) in [6, 6.07) is 3.78. The number of hydrogen-bond donors (Lipinski definition) is 3. The molecular weight excluding hydrogens is 362 g/mol. The number of nitrogens with one attached hydrogen (secondary N) is 2. The summed E-state index contributed by atoms with van der Waals surface area (Å²) in [5.74, 6) is -0.790. The lowest BCUT2D eigenvalue weighted by Crippen LogP contribution is -2.31. The van der Waals surface area contributed by atoms with Crippen LogP contribution in [0.4, 0.5) is 10.5 Å². The van der Waals surface area contributed by atoms with Crippen molar-refractivity contribution < 1.29 is 27.9 Å². The first-order valence-electron chi connectivity index (χ1n) is 8.38. The Labute approximate surface area is 152 Å². The number of carboxylic acid groups (broad SMARTS) is 1. The van der Waals surface area contributed by atoms with E-state index in [1.807, 2.05) is 0 Å². The van der Waals surface area contributed by atoms with E-state index in [0.717, 1.165) is 12.8 Å². The van der Waals surface area contributed by atoms with Gasteiger partial charge in [0.15, 0.2) is 0 Å². The molecule has 26 heavy (non-hydrogen) atoms. The number of amides is 2. The highest BCUT2D eigenvalue weighted by Crippen LogP contribution is 2.31. The number of nitrogens with zero attached hydrogens (tertiary/aromatic N) is 1. The molecule has 2 amide bonds. The highest BCUT2D eigenvalue weighted by atomic mass is 32.2. The molecular formula is C16H23N3O6S. The number of urea groups is 1. The number of aliphatic carboxylic acids is 1. The van der Waals surface area contributed by atoms with E-state index in [2.05, 4.69) is 10.6 Å². The first kappa shape index (κ1) is 20.0. The SMILES string of the molecule is CCOc1ccc(NC(=O)NCCC(=O)O)cc1S(=O)(=O)N1CCCC1. The van der Waals surface area contributed by atoms with Crippen molar-refractivity contribution >= 4 is 27.7 Å². The number of ether oxygens (including phenoxy) is 1. The van der Waals surface area contributed by atoms with E-state index in [0.29, 0.717) is 19.7 Å². The van der Waals surface area contributed by atoms with Gasteiger partial charge in [0, 0.05) is 25.3 Å². The van der Waals surface area contributed by atoms with E-state index in [1.54, 1.807) is 6.92 Å². The Kier molecular flexibility index (Phi) is 6.81. The number of hydrogen-bond acceptors (Lipinski definition) is 5. The molecule has 2 rings (SSSR count). The third-order valence-corrected chi connectivity index (χ3v) is 5.73. The number of carbonyl (C=O) groups is 2. The molecule has 1 fully saturated rings. The third-order valence-electron chi connectivity index (χ3n) is 3.81. The molecule has 0 aliphatic carbocycles. The normalized spacial score (nSPS) is 14.8. The molecule has 1 aliphatic heterocycles. The van der Waals surface area contributed by atoms with Crippen LogP contribution in [0.1, 0.15) is 26.2 Å². The first-order valence-corrected chi connectivity index (χ1v) is 9.82. The summed E-state index contributed by atoms with van der Waals surface area (Å²) in [5, 5.41) is 13.5. The molecule has 10 heteroatoms. The average molecular weight is 385 g/mol. The van der Waals surface area contributed by atoms with Crippen molar-refractivity contribution in [1.82, 2.24) is 9.62 Å². The van der Waals surface area contributed by atoms with Crippen LogP contribution in [-0.4, -0.2) is 56.1 Å². The number of sulfonamides is 1. The van der Waals surface area contributed by atoms with Crippen molar-refractivity contribution in [3.8, 4) is 5.75 Å². The van der Waals surface area contributed by atoms with Crippen molar-refractivity contribution in [1.29, 1.82) is 0 Å². The van der Waals surface area contributed by atoms with Gasteiger partial charge in [-0.2, -0.15) is 4.31 Å². The van der Waals surface area contributed by atoms with Gasteiger partial charge in [-0.25, -0.2) is 13.2 Å². The van der Waals surface area contributed by atoms with Crippen LogP contribution in [0.3, 0.4) is 0 Å². The second-order valence-corrected chi connectivity index (χ2v) is 7.64. The zero-order valence-corrected chi connectivity index (χ0v) is 15.3. The van der Waals surface area contributed by atoms with Crippen LogP contribution in [0.2, 0.25) is 0 Å². The van der Waals surface area contributed by atoms with Gasteiger partial charge >= 0.3 is 12.0 Å². The molecule has 0 bridgehead atoms. The minimum absolute atomic E-state index is 0.00425. The van der Waals surface area contributed by atoms with Gasteiger partial charge in [-0.05, 0) is 38.0 Å². The molecule has 0 saturated carbocycles. The Morgan fingerprint density at radius 2 is 1.96 bits per heavy atom. The van der Waals surface area contributed by atoms with Gasteiger partial charge in [0.2, 0.25) is 10.0 Å². The summed E-state index contributed by atoms with van der Waals surface area (Å²) in [6.07, 6.45) is 1.42. The summed E-state index contributed by atoms with van der Waals surface area (Å²) in [6.45, 7) is 2.96. The van der Waals surface area contributed by atoms with Crippen molar-refractivity contribution in [2.24, 2.45) is 0 Å². The predicted octanol–water partition coefficient (Wildman–Crippen LogP) is 1.47. The first-order chi connectivity index (χ1) is 12.3. The molecule has 0 unspecified atom stereocenters. The molecule has 3 N–H and O–H groups in total. The van der Waals surface area contributed by atoms with Crippen molar-refractivity contribution in [2.75, 3.05) is 31.6 Å². The summed E-state index contributed by atoms with van der Waals surface area (Å²) in [5.41, 5.74) is 0.277. The quantitative estimate of drug-likeness (QED) is 0.622. The van der Waals surface area contributed by atoms with Crippen molar-refractivity contribution in [3.63, 3.8) is 0 Å². The van der Waals surface area contributed by atoms with E-state index in [9.17, 15) is 18.0 Å². The van der Waals surface area contributed by atoms with E-state index in [1.165, 1.54) is 22.5 Å². The molecule has 1 saturated heterocycles. The van der Waals surface area contributed by atoms with Gasteiger partial charge in [-0.1, -0.05) is 0 Å². The summed E-state index contributed by atoms with van der Waals surface area (Å²) in [7, 11) is -3.72.